The summed E-state index contributed by atoms with van der Waals surface area (Å²) in [5.41, 5.74) is 2.09. The molecule has 2 atom stereocenters. The Labute approximate surface area is 131 Å². The maximum absolute atomic E-state index is 4.98. The third kappa shape index (κ3) is 2.42. The molecule has 0 saturated carbocycles. The number of likely N-dealkylation sites (N-methyl/N-ethyl adjacent to an activating group) is 1. The highest BCUT2D eigenvalue weighted by Crippen LogP contribution is 2.32. The van der Waals surface area contributed by atoms with E-state index < -0.39 is 0 Å². The van der Waals surface area contributed by atoms with Gasteiger partial charge in [0.05, 0.1) is 6.17 Å². The van der Waals surface area contributed by atoms with E-state index in [1.54, 1.807) is 0 Å². The Morgan fingerprint density at radius 2 is 2.27 bits per heavy atom. The normalized spacial score (nSPS) is 26.8. The van der Waals surface area contributed by atoms with Gasteiger partial charge in [0.15, 0.2) is 5.65 Å². The van der Waals surface area contributed by atoms with E-state index in [1.165, 1.54) is 38.1 Å². The first-order chi connectivity index (χ1) is 10.9. The molecule has 1 N–H and O–H groups in total. The van der Waals surface area contributed by atoms with Gasteiger partial charge in [-0.2, -0.15) is 0 Å². The van der Waals surface area contributed by atoms with Crippen molar-refractivity contribution in [2.45, 2.75) is 44.7 Å². The lowest BCUT2D eigenvalue weighted by molar-refractivity contribution is 0.210. The van der Waals surface area contributed by atoms with Crippen LogP contribution in [0.2, 0.25) is 0 Å². The summed E-state index contributed by atoms with van der Waals surface area (Å²) in [6, 6.07) is 4.09. The van der Waals surface area contributed by atoms with Gasteiger partial charge in [-0.05, 0) is 57.5 Å². The van der Waals surface area contributed by atoms with Crippen molar-refractivity contribution >= 4 is 11.2 Å². The van der Waals surface area contributed by atoms with Crippen molar-refractivity contribution in [3.05, 3.63) is 24.2 Å². The summed E-state index contributed by atoms with van der Waals surface area (Å²) in [7, 11) is 0. The van der Waals surface area contributed by atoms with Crippen molar-refractivity contribution in [1.29, 1.82) is 0 Å². The lowest BCUT2D eigenvalue weighted by atomic mass is 9.97. The van der Waals surface area contributed by atoms with E-state index in [-0.39, 0.29) is 0 Å². The van der Waals surface area contributed by atoms with E-state index in [0.29, 0.717) is 12.1 Å². The van der Waals surface area contributed by atoms with Crippen LogP contribution >= 0.6 is 0 Å². The van der Waals surface area contributed by atoms with Crippen molar-refractivity contribution in [2.24, 2.45) is 0 Å². The standard InChI is InChI=1S/C17H25N5/c1-2-21-11-5-6-13(12-21)16-20-14-7-3-10-19-17(14)22(16)15-8-4-9-18-15/h3,7,10,13,15,18H,2,4-6,8-9,11-12H2,1H3. The van der Waals surface area contributed by atoms with Crippen molar-refractivity contribution in [3.8, 4) is 0 Å². The van der Waals surface area contributed by atoms with Gasteiger partial charge in [0, 0.05) is 18.7 Å². The number of nitrogens with zero attached hydrogens (tertiary/aromatic N) is 4. The minimum atomic E-state index is 0.368. The van der Waals surface area contributed by atoms with Gasteiger partial charge in [-0.1, -0.05) is 6.92 Å². The zero-order valence-electron chi connectivity index (χ0n) is 13.3. The Morgan fingerprint density at radius 1 is 1.32 bits per heavy atom. The van der Waals surface area contributed by atoms with Gasteiger partial charge >= 0.3 is 0 Å². The van der Waals surface area contributed by atoms with Gasteiger partial charge in [0.25, 0.3) is 0 Å². The fraction of sp³-hybridized carbons (Fsp3) is 0.647. The Balaban J connectivity index is 1.77. The molecule has 5 nitrogen and oxygen atoms in total. The van der Waals surface area contributed by atoms with Crippen LogP contribution in [-0.2, 0) is 0 Å². The number of hydrogen-bond donors (Lipinski definition) is 1. The topological polar surface area (TPSA) is 46.0 Å². The molecule has 0 aromatic carbocycles. The fourth-order valence-corrected chi connectivity index (χ4v) is 3.98. The van der Waals surface area contributed by atoms with Crippen LogP contribution in [0.25, 0.3) is 11.2 Å². The SMILES string of the molecule is CCN1CCCC(c2nc3cccnc3n2C2CCCN2)C1. The molecule has 0 bridgehead atoms. The number of piperidine rings is 1. The zero-order chi connectivity index (χ0) is 14.9. The van der Waals surface area contributed by atoms with E-state index in [4.69, 9.17) is 4.98 Å². The van der Waals surface area contributed by atoms with Crippen LogP contribution in [0, 0.1) is 0 Å². The van der Waals surface area contributed by atoms with E-state index in [0.717, 1.165) is 30.8 Å². The van der Waals surface area contributed by atoms with Crippen LogP contribution in [0.1, 0.15) is 50.5 Å². The Hall–Kier alpha value is -1.46. The number of fused-ring (bicyclic) bond motifs is 1. The van der Waals surface area contributed by atoms with Crippen LogP contribution in [0.15, 0.2) is 18.3 Å². The molecule has 4 rings (SSSR count). The third-order valence-electron chi connectivity index (χ3n) is 5.14. The number of pyridine rings is 1. The van der Waals surface area contributed by atoms with Crippen molar-refractivity contribution in [3.63, 3.8) is 0 Å². The summed E-state index contributed by atoms with van der Waals surface area (Å²) < 4.78 is 2.40. The maximum Gasteiger partial charge on any atom is 0.161 e. The molecule has 2 aromatic heterocycles. The van der Waals surface area contributed by atoms with Gasteiger partial charge in [0.1, 0.15) is 11.3 Å². The van der Waals surface area contributed by atoms with Crippen LogP contribution in [-0.4, -0.2) is 45.6 Å². The minimum absolute atomic E-state index is 0.368. The lowest BCUT2D eigenvalue weighted by Gasteiger charge is -2.32. The molecule has 0 aliphatic carbocycles. The number of nitrogens with one attached hydrogen (secondary N) is 1. The summed E-state index contributed by atoms with van der Waals surface area (Å²) in [5.74, 6) is 1.77. The molecule has 4 heterocycles. The predicted molar refractivity (Wildman–Crippen MR) is 87.9 cm³/mol. The lowest BCUT2D eigenvalue weighted by Crippen LogP contribution is -2.36. The molecule has 0 spiro atoms. The molecule has 118 valence electrons. The second kappa shape index (κ2) is 5.97. The molecule has 2 aliphatic rings. The van der Waals surface area contributed by atoms with Crippen molar-refractivity contribution in [2.75, 3.05) is 26.2 Å². The number of likely N-dealkylation sites (tertiary alicyclic amines) is 1. The summed E-state index contributed by atoms with van der Waals surface area (Å²) in [6.45, 7) is 6.85. The summed E-state index contributed by atoms with van der Waals surface area (Å²) >= 11 is 0. The molecule has 2 unspecified atom stereocenters. The second-order valence-electron chi connectivity index (χ2n) is 6.53. The molecule has 2 aromatic rings. The first-order valence-corrected chi connectivity index (χ1v) is 8.65. The first-order valence-electron chi connectivity index (χ1n) is 8.65. The molecule has 0 radical (unpaired) electrons. The summed E-state index contributed by atoms with van der Waals surface area (Å²) in [6.07, 6.45) is 7.19. The van der Waals surface area contributed by atoms with Crippen LogP contribution in [0.3, 0.4) is 0 Å². The fourth-order valence-electron chi connectivity index (χ4n) is 3.98. The average Bonchev–Trinajstić information content (AvgIpc) is 3.21. The van der Waals surface area contributed by atoms with Gasteiger partial charge < -0.3 is 4.90 Å². The highest BCUT2D eigenvalue weighted by molar-refractivity contribution is 5.71. The first kappa shape index (κ1) is 14.2. The second-order valence-corrected chi connectivity index (χ2v) is 6.53. The van der Waals surface area contributed by atoms with Crippen molar-refractivity contribution in [1.82, 2.24) is 24.8 Å². The molecule has 5 heteroatoms. The quantitative estimate of drug-likeness (QED) is 0.946. The van der Waals surface area contributed by atoms with Gasteiger partial charge in [-0.15, -0.1) is 0 Å². The Bertz CT molecular complexity index is 644. The number of hydrogen-bond acceptors (Lipinski definition) is 4. The molecular weight excluding hydrogens is 274 g/mol. The van der Waals surface area contributed by atoms with Gasteiger partial charge in [-0.25, -0.2) is 9.97 Å². The molecular formula is C17H25N5. The number of rotatable bonds is 3. The number of imidazole rings is 1. The zero-order valence-corrected chi connectivity index (χ0v) is 13.3. The summed E-state index contributed by atoms with van der Waals surface area (Å²) in [4.78, 5) is 12.2. The third-order valence-corrected chi connectivity index (χ3v) is 5.14. The molecule has 2 fully saturated rings. The molecule has 2 saturated heterocycles. The minimum Gasteiger partial charge on any atom is -0.303 e. The highest BCUT2D eigenvalue weighted by atomic mass is 15.3. The average molecular weight is 299 g/mol. The number of aromatic nitrogens is 3. The smallest absolute Gasteiger partial charge is 0.161 e. The van der Waals surface area contributed by atoms with Gasteiger partial charge in [0.2, 0.25) is 0 Å². The van der Waals surface area contributed by atoms with Crippen LogP contribution in [0.5, 0.6) is 0 Å². The molecule has 22 heavy (non-hydrogen) atoms. The highest BCUT2D eigenvalue weighted by Gasteiger charge is 2.29. The van der Waals surface area contributed by atoms with E-state index in [2.05, 4.69) is 32.8 Å². The Morgan fingerprint density at radius 3 is 3.09 bits per heavy atom. The summed E-state index contributed by atoms with van der Waals surface area (Å²) in [5, 5.41) is 3.63. The van der Waals surface area contributed by atoms with Crippen LogP contribution < -0.4 is 5.32 Å². The monoisotopic (exact) mass is 299 g/mol. The van der Waals surface area contributed by atoms with Crippen LogP contribution in [0.4, 0.5) is 0 Å². The molecule has 2 aliphatic heterocycles. The van der Waals surface area contributed by atoms with E-state index in [1.807, 2.05) is 12.3 Å². The van der Waals surface area contributed by atoms with Crippen molar-refractivity contribution < 1.29 is 0 Å². The molecule has 0 amide bonds. The van der Waals surface area contributed by atoms with E-state index >= 15 is 0 Å². The van der Waals surface area contributed by atoms with E-state index in [9.17, 15) is 0 Å². The predicted octanol–water partition coefficient (Wildman–Crippen LogP) is 2.51. The Kier molecular flexibility index (Phi) is 3.84. The van der Waals surface area contributed by atoms with Gasteiger partial charge in [-0.3, -0.25) is 9.88 Å². The maximum atomic E-state index is 4.98. The largest absolute Gasteiger partial charge is 0.303 e.